The second-order valence-electron chi connectivity index (χ2n) is 7.17. The van der Waals surface area contributed by atoms with E-state index in [9.17, 15) is 0 Å². The number of nitrogens with zero attached hydrogens (tertiary/aromatic N) is 4. The Hall–Kier alpha value is -2.15. The molecule has 1 aromatic rings. The highest BCUT2D eigenvalue weighted by Gasteiger charge is 2.26. The van der Waals surface area contributed by atoms with Gasteiger partial charge in [-0.2, -0.15) is 0 Å². The van der Waals surface area contributed by atoms with Crippen LogP contribution in [0.5, 0.6) is 0 Å². The van der Waals surface area contributed by atoms with Gasteiger partial charge in [0.15, 0.2) is 5.96 Å². The van der Waals surface area contributed by atoms with Crippen LogP contribution in [0.25, 0.3) is 5.70 Å². The van der Waals surface area contributed by atoms with Crippen molar-refractivity contribution in [1.82, 2.24) is 20.2 Å². The third-order valence-electron chi connectivity index (χ3n) is 5.04. The molecular formula is C18H26N6O. The van der Waals surface area contributed by atoms with Gasteiger partial charge in [-0.1, -0.05) is 0 Å². The zero-order valence-electron chi connectivity index (χ0n) is 14.7. The van der Waals surface area contributed by atoms with E-state index in [0.717, 1.165) is 67.9 Å². The Labute approximate surface area is 148 Å². The lowest BCUT2D eigenvalue weighted by molar-refractivity contribution is 0.0817. The summed E-state index contributed by atoms with van der Waals surface area (Å²) >= 11 is 0. The minimum absolute atomic E-state index is 0.345. The summed E-state index contributed by atoms with van der Waals surface area (Å²) in [5.74, 6) is 2.00. The van der Waals surface area contributed by atoms with E-state index >= 15 is 0 Å². The van der Waals surface area contributed by atoms with E-state index in [-0.39, 0.29) is 0 Å². The van der Waals surface area contributed by atoms with Gasteiger partial charge in [0.1, 0.15) is 0 Å². The minimum Gasteiger partial charge on any atom is -0.381 e. The van der Waals surface area contributed by atoms with Gasteiger partial charge >= 0.3 is 0 Å². The van der Waals surface area contributed by atoms with Crippen LogP contribution in [0.2, 0.25) is 0 Å². The molecule has 134 valence electrons. The van der Waals surface area contributed by atoms with Crippen LogP contribution in [0.1, 0.15) is 36.9 Å². The Kier molecular flexibility index (Phi) is 4.57. The van der Waals surface area contributed by atoms with E-state index in [1.165, 1.54) is 12.8 Å². The molecular weight excluding hydrogens is 316 g/mol. The summed E-state index contributed by atoms with van der Waals surface area (Å²) in [5.41, 5.74) is 8.81. The predicted molar refractivity (Wildman–Crippen MR) is 97.9 cm³/mol. The van der Waals surface area contributed by atoms with Crippen molar-refractivity contribution in [2.75, 3.05) is 32.5 Å². The molecule has 0 atom stereocenters. The normalized spacial score (nSPS) is 21.7. The summed E-state index contributed by atoms with van der Waals surface area (Å²) in [7, 11) is 2.06. The zero-order valence-corrected chi connectivity index (χ0v) is 14.7. The molecule has 3 N–H and O–H groups in total. The van der Waals surface area contributed by atoms with Crippen LogP contribution >= 0.6 is 0 Å². The molecule has 0 bridgehead atoms. The Morgan fingerprint density at radius 3 is 2.84 bits per heavy atom. The molecule has 1 aliphatic carbocycles. The number of hydrogen-bond donors (Lipinski definition) is 2. The van der Waals surface area contributed by atoms with Gasteiger partial charge in [-0.15, -0.1) is 0 Å². The largest absolute Gasteiger partial charge is 0.381 e. The molecule has 0 aromatic carbocycles. The van der Waals surface area contributed by atoms with Gasteiger partial charge in [0, 0.05) is 44.6 Å². The molecule has 25 heavy (non-hydrogen) atoms. The summed E-state index contributed by atoms with van der Waals surface area (Å²) in [4.78, 5) is 15.7. The Morgan fingerprint density at radius 2 is 2.08 bits per heavy atom. The highest BCUT2D eigenvalue weighted by Crippen LogP contribution is 2.34. The van der Waals surface area contributed by atoms with E-state index in [0.29, 0.717) is 12.0 Å². The van der Waals surface area contributed by atoms with Gasteiger partial charge in [-0.3, -0.25) is 0 Å². The van der Waals surface area contributed by atoms with Crippen molar-refractivity contribution in [3.8, 4) is 0 Å². The molecule has 7 heteroatoms. The standard InChI is InChI=1S/C18H26N6O/c1-24-7-4-15(23-18(24)21-13-5-8-25-9-6-13)14-11-20-17(19)22-16(14)10-12-2-3-12/h4,11-13H,2-3,5-10H2,1H3,(H,21,23)(H2,19,20,22). The maximum absolute atomic E-state index is 5.82. The van der Waals surface area contributed by atoms with Crippen LogP contribution in [0, 0.1) is 5.92 Å². The Bertz CT molecular complexity index is 691. The molecule has 1 saturated heterocycles. The number of aromatic nitrogens is 2. The molecule has 0 spiro atoms. The van der Waals surface area contributed by atoms with Crippen LogP contribution in [-0.4, -0.2) is 53.7 Å². The number of nitrogens with two attached hydrogens (primary N) is 1. The first-order valence-corrected chi connectivity index (χ1v) is 9.15. The average molecular weight is 342 g/mol. The Balaban J connectivity index is 1.57. The van der Waals surface area contributed by atoms with E-state index in [1.807, 2.05) is 6.20 Å². The van der Waals surface area contributed by atoms with Gasteiger partial charge in [0.05, 0.1) is 11.4 Å². The molecule has 0 amide bonds. The van der Waals surface area contributed by atoms with Gasteiger partial charge in [-0.25, -0.2) is 15.0 Å². The molecule has 3 heterocycles. The quantitative estimate of drug-likeness (QED) is 0.860. The van der Waals surface area contributed by atoms with Crippen LogP contribution in [0.15, 0.2) is 17.3 Å². The number of anilines is 1. The number of nitrogen functional groups attached to an aromatic ring is 1. The lowest BCUT2D eigenvalue weighted by atomic mass is 10.1. The van der Waals surface area contributed by atoms with Crippen molar-refractivity contribution in [3.05, 3.63) is 23.5 Å². The number of guanidine groups is 1. The topological polar surface area (TPSA) is 88.7 Å². The molecule has 2 aliphatic heterocycles. The summed E-state index contributed by atoms with van der Waals surface area (Å²) in [5, 5.41) is 3.58. The number of ether oxygens (including phenoxy) is 1. The van der Waals surface area contributed by atoms with E-state index in [2.05, 4.69) is 33.3 Å². The summed E-state index contributed by atoms with van der Waals surface area (Å²) in [6.07, 6.45) is 9.53. The van der Waals surface area contributed by atoms with Crippen LogP contribution in [0.3, 0.4) is 0 Å². The molecule has 0 radical (unpaired) electrons. The fourth-order valence-electron chi connectivity index (χ4n) is 3.29. The molecule has 4 rings (SSSR count). The van der Waals surface area contributed by atoms with Crippen molar-refractivity contribution in [3.63, 3.8) is 0 Å². The van der Waals surface area contributed by atoms with Crippen molar-refractivity contribution in [2.24, 2.45) is 10.9 Å². The highest BCUT2D eigenvalue weighted by molar-refractivity contribution is 5.88. The number of nitrogens with one attached hydrogen (secondary N) is 1. The number of likely N-dealkylation sites (N-methyl/N-ethyl adjacent to an activating group) is 1. The number of aliphatic imine (C=N–C) groups is 1. The van der Waals surface area contributed by atoms with E-state index in [1.54, 1.807) is 0 Å². The fourth-order valence-corrected chi connectivity index (χ4v) is 3.29. The first-order chi connectivity index (χ1) is 12.2. The lowest BCUT2D eigenvalue weighted by Crippen LogP contribution is -2.47. The van der Waals surface area contributed by atoms with Crippen LogP contribution in [-0.2, 0) is 11.2 Å². The van der Waals surface area contributed by atoms with E-state index in [4.69, 9.17) is 15.5 Å². The Morgan fingerprint density at radius 1 is 1.28 bits per heavy atom. The van der Waals surface area contributed by atoms with Crippen LogP contribution in [0.4, 0.5) is 5.95 Å². The third-order valence-corrected chi connectivity index (χ3v) is 5.04. The smallest absolute Gasteiger partial charge is 0.220 e. The van der Waals surface area contributed by atoms with Gasteiger partial charge in [0.2, 0.25) is 5.95 Å². The summed E-state index contributed by atoms with van der Waals surface area (Å²) in [6.45, 7) is 2.45. The maximum Gasteiger partial charge on any atom is 0.220 e. The maximum atomic E-state index is 5.82. The molecule has 1 saturated carbocycles. The first kappa shape index (κ1) is 16.3. The van der Waals surface area contributed by atoms with Crippen LogP contribution < -0.4 is 11.1 Å². The van der Waals surface area contributed by atoms with Crippen molar-refractivity contribution in [2.45, 2.75) is 38.1 Å². The predicted octanol–water partition coefficient (Wildman–Crippen LogP) is 1.42. The zero-order chi connectivity index (χ0) is 17.2. The first-order valence-electron chi connectivity index (χ1n) is 9.15. The molecule has 2 fully saturated rings. The van der Waals surface area contributed by atoms with Crippen molar-refractivity contribution >= 4 is 17.6 Å². The SMILES string of the molecule is CN1CC=C(c2cnc(N)nc2CC2CC2)N=C1NC1CCOCC1. The van der Waals surface area contributed by atoms with E-state index < -0.39 is 0 Å². The van der Waals surface area contributed by atoms with Gasteiger partial charge in [-0.05, 0) is 44.1 Å². The molecule has 3 aliphatic rings. The van der Waals surface area contributed by atoms with Gasteiger partial charge < -0.3 is 20.7 Å². The molecule has 0 unspecified atom stereocenters. The van der Waals surface area contributed by atoms with Crippen molar-refractivity contribution in [1.29, 1.82) is 0 Å². The van der Waals surface area contributed by atoms with Crippen molar-refractivity contribution < 1.29 is 4.74 Å². The summed E-state index contributed by atoms with van der Waals surface area (Å²) in [6, 6.07) is 0.419. The highest BCUT2D eigenvalue weighted by atomic mass is 16.5. The number of rotatable bonds is 4. The van der Waals surface area contributed by atoms with Gasteiger partial charge in [0.25, 0.3) is 0 Å². The molecule has 7 nitrogen and oxygen atoms in total. The number of hydrogen-bond acceptors (Lipinski definition) is 7. The second-order valence-corrected chi connectivity index (χ2v) is 7.17. The lowest BCUT2D eigenvalue weighted by Gasteiger charge is -2.31. The molecule has 1 aromatic heterocycles. The second kappa shape index (κ2) is 7.00. The monoisotopic (exact) mass is 342 g/mol. The third kappa shape index (κ3) is 3.92. The average Bonchev–Trinajstić information content (AvgIpc) is 3.42. The minimum atomic E-state index is 0.345. The summed E-state index contributed by atoms with van der Waals surface area (Å²) < 4.78 is 5.44. The fraction of sp³-hybridized carbons (Fsp3) is 0.611.